The summed E-state index contributed by atoms with van der Waals surface area (Å²) in [4.78, 5) is 4.58. The normalized spacial score (nSPS) is 12.5. The highest BCUT2D eigenvalue weighted by Gasteiger charge is 1.87. The van der Waals surface area contributed by atoms with E-state index in [0.717, 1.165) is 12.8 Å². The Hall–Kier alpha value is -0.790. The lowest BCUT2D eigenvalue weighted by molar-refractivity contribution is 0.215. The van der Waals surface area contributed by atoms with Crippen LogP contribution in [-0.2, 0) is 4.84 Å². The first kappa shape index (κ1) is 10.2. The molecule has 0 aromatic heterocycles. The molecule has 0 bridgehead atoms. The van der Waals surface area contributed by atoms with Gasteiger partial charge in [0, 0.05) is 0 Å². The Bertz CT molecular complexity index is 138. The minimum absolute atomic E-state index is 1.02. The van der Waals surface area contributed by atoms with Crippen molar-refractivity contribution in [2.75, 3.05) is 7.11 Å². The fourth-order valence-electron chi connectivity index (χ4n) is 0.738. The van der Waals surface area contributed by atoms with Crippen LogP contribution in [-0.4, -0.2) is 13.3 Å². The van der Waals surface area contributed by atoms with Gasteiger partial charge in [-0.1, -0.05) is 31.5 Å². The molecule has 0 N–H and O–H groups in total. The van der Waals surface area contributed by atoms with Crippen LogP contribution in [0.3, 0.4) is 0 Å². The molecule has 2 heteroatoms. The third-order valence-corrected chi connectivity index (χ3v) is 1.43. The summed E-state index contributed by atoms with van der Waals surface area (Å²) < 4.78 is 0. The van der Waals surface area contributed by atoms with Gasteiger partial charge in [-0.05, 0) is 18.4 Å². The fraction of sp³-hybridized carbons (Fsp3) is 0.667. The lowest BCUT2D eigenvalue weighted by atomic mass is 10.2. The van der Waals surface area contributed by atoms with E-state index in [2.05, 4.69) is 29.9 Å². The molecular formula is C9H17NO. The first-order valence-corrected chi connectivity index (χ1v) is 4.10. The van der Waals surface area contributed by atoms with Gasteiger partial charge in [-0.15, -0.1) is 0 Å². The summed E-state index contributed by atoms with van der Waals surface area (Å²) in [6.07, 6.45) is 7.30. The monoisotopic (exact) mass is 155 g/mol. The molecule has 0 radical (unpaired) electrons. The van der Waals surface area contributed by atoms with E-state index in [1.54, 1.807) is 13.3 Å². The second-order valence-electron chi connectivity index (χ2n) is 2.34. The second-order valence-corrected chi connectivity index (χ2v) is 2.34. The van der Waals surface area contributed by atoms with Crippen molar-refractivity contribution in [3.05, 3.63) is 11.6 Å². The number of hydrogen-bond acceptors (Lipinski definition) is 2. The van der Waals surface area contributed by atoms with Crippen molar-refractivity contribution in [1.29, 1.82) is 0 Å². The number of unbranched alkanes of at least 4 members (excludes halogenated alkanes) is 1. The zero-order chi connectivity index (χ0) is 8.53. The molecule has 0 aliphatic carbocycles. The summed E-state index contributed by atoms with van der Waals surface area (Å²) >= 11 is 0. The summed E-state index contributed by atoms with van der Waals surface area (Å²) in [6, 6.07) is 0. The van der Waals surface area contributed by atoms with Gasteiger partial charge in [0.25, 0.3) is 0 Å². The molecule has 0 unspecified atom stereocenters. The van der Waals surface area contributed by atoms with Crippen LogP contribution in [0.1, 0.15) is 33.1 Å². The van der Waals surface area contributed by atoms with Crippen LogP contribution in [0.25, 0.3) is 0 Å². The van der Waals surface area contributed by atoms with Crippen LogP contribution < -0.4 is 0 Å². The molecule has 0 heterocycles. The van der Waals surface area contributed by atoms with Gasteiger partial charge in [0.15, 0.2) is 0 Å². The van der Waals surface area contributed by atoms with Crippen molar-refractivity contribution in [2.24, 2.45) is 5.16 Å². The second kappa shape index (κ2) is 7.32. The average molecular weight is 155 g/mol. The molecule has 0 aliphatic heterocycles. The minimum Gasteiger partial charge on any atom is -0.399 e. The van der Waals surface area contributed by atoms with Gasteiger partial charge in [0.1, 0.15) is 7.11 Å². The number of nitrogens with zero attached hydrogens (tertiary/aromatic N) is 1. The topological polar surface area (TPSA) is 21.6 Å². The van der Waals surface area contributed by atoms with E-state index in [-0.39, 0.29) is 0 Å². The molecule has 0 aromatic carbocycles. The van der Waals surface area contributed by atoms with Crippen LogP contribution in [0.2, 0.25) is 0 Å². The summed E-state index contributed by atoms with van der Waals surface area (Å²) in [7, 11) is 1.56. The highest BCUT2D eigenvalue weighted by Crippen LogP contribution is 2.00. The molecular weight excluding hydrogens is 138 g/mol. The van der Waals surface area contributed by atoms with E-state index in [4.69, 9.17) is 0 Å². The standard InChI is InChI=1S/C9H17NO/c1-4-6-7-9(5-2)8-10-11-3/h7-8H,4-6H2,1-3H3. The van der Waals surface area contributed by atoms with Crippen LogP contribution in [0, 0.1) is 0 Å². The summed E-state index contributed by atoms with van der Waals surface area (Å²) in [6.45, 7) is 4.28. The van der Waals surface area contributed by atoms with E-state index in [1.165, 1.54) is 12.0 Å². The van der Waals surface area contributed by atoms with E-state index >= 15 is 0 Å². The molecule has 0 fully saturated rings. The molecule has 0 saturated carbocycles. The third-order valence-electron chi connectivity index (χ3n) is 1.43. The largest absolute Gasteiger partial charge is 0.399 e. The van der Waals surface area contributed by atoms with Crippen molar-refractivity contribution in [3.8, 4) is 0 Å². The van der Waals surface area contributed by atoms with Gasteiger partial charge in [0.2, 0.25) is 0 Å². The molecule has 2 nitrogen and oxygen atoms in total. The third kappa shape index (κ3) is 5.64. The molecule has 11 heavy (non-hydrogen) atoms. The van der Waals surface area contributed by atoms with Crippen molar-refractivity contribution >= 4 is 6.21 Å². The smallest absolute Gasteiger partial charge is 0.106 e. The number of allylic oxidation sites excluding steroid dienone is 2. The minimum atomic E-state index is 1.02. The van der Waals surface area contributed by atoms with Crippen LogP contribution in [0.5, 0.6) is 0 Å². The highest BCUT2D eigenvalue weighted by atomic mass is 16.6. The lowest BCUT2D eigenvalue weighted by Gasteiger charge is -1.94. The number of rotatable bonds is 5. The molecule has 0 atom stereocenters. The molecule has 0 rings (SSSR count). The Morgan fingerprint density at radius 2 is 2.18 bits per heavy atom. The van der Waals surface area contributed by atoms with Gasteiger partial charge in [0.05, 0.1) is 6.21 Å². The summed E-state index contributed by atoms with van der Waals surface area (Å²) in [5.41, 5.74) is 1.24. The molecule has 0 saturated heterocycles. The summed E-state index contributed by atoms with van der Waals surface area (Å²) in [5, 5.41) is 3.70. The zero-order valence-electron chi connectivity index (χ0n) is 7.63. The van der Waals surface area contributed by atoms with Crippen molar-refractivity contribution in [3.63, 3.8) is 0 Å². The first-order chi connectivity index (χ1) is 5.35. The zero-order valence-corrected chi connectivity index (χ0v) is 7.63. The first-order valence-electron chi connectivity index (χ1n) is 4.10. The molecule has 0 spiro atoms. The van der Waals surface area contributed by atoms with Gasteiger partial charge in [-0.3, -0.25) is 0 Å². The molecule has 0 aromatic rings. The van der Waals surface area contributed by atoms with Gasteiger partial charge >= 0.3 is 0 Å². The predicted molar refractivity (Wildman–Crippen MR) is 48.8 cm³/mol. The quantitative estimate of drug-likeness (QED) is 0.442. The van der Waals surface area contributed by atoms with Crippen molar-refractivity contribution in [2.45, 2.75) is 33.1 Å². The Balaban J connectivity index is 3.83. The Morgan fingerprint density at radius 1 is 1.45 bits per heavy atom. The van der Waals surface area contributed by atoms with Crippen LogP contribution in [0.15, 0.2) is 16.8 Å². The maximum absolute atomic E-state index is 4.58. The van der Waals surface area contributed by atoms with Gasteiger partial charge in [-0.25, -0.2) is 0 Å². The lowest BCUT2D eigenvalue weighted by Crippen LogP contribution is -1.83. The Labute approximate surface area is 68.9 Å². The van der Waals surface area contributed by atoms with Crippen LogP contribution >= 0.6 is 0 Å². The highest BCUT2D eigenvalue weighted by molar-refractivity contribution is 5.77. The maximum Gasteiger partial charge on any atom is 0.106 e. The maximum atomic E-state index is 4.58. The Kier molecular flexibility index (Phi) is 6.79. The Morgan fingerprint density at radius 3 is 2.64 bits per heavy atom. The van der Waals surface area contributed by atoms with E-state index in [1.807, 2.05) is 0 Å². The van der Waals surface area contributed by atoms with Crippen molar-refractivity contribution in [1.82, 2.24) is 0 Å². The van der Waals surface area contributed by atoms with Crippen molar-refractivity contribution < 1.29 is 4.84 Å². The summed E-state index contributed by atoms with van der Waals surface area (Å²) in [5.74, 6) is 0. The molecule has 0 aliphatic rings. The van der Waals surface area contributed by atoms with E-state index < -0.39 is 0 Å². The van der Waals surface area contributed by atoms with Crippen LogP contribution in [0.4, 0.5) is 0 Å². The SMILES string of the molecule is CCCC=C(C=NOC)CC. The average Bonchev–Trinajstić information content (AvgIpc) is 2.05. The fourth-order valence-corrected chi connectivity index (χ4v) is 0.738. The number of hydrogen-bond donors (Lipinski definition) is 0. The number of oxime groups is 1. The molecule has 64 valence electrons. The van der Waals surface area contributed by atoms with Gasteiger partial charge in [-0.2, -0.15) is 0 Å². The molecule has 0 amide bonds. The van der Waals surface area contributed by atoms with E-state index in [0.29, 0.717) is 0 Å². The van der Waals surface area contributed by atoms with E-state index in [9.17, 15) is 0 Å². The van der Waals surface area contributed by atoms with Gasteiger partial charge < -0.3 is 4.84 Å². The predicted octanol–water partition coefficient (Wildman–Crippen LogP) is 2.76.